The first-order valence-corrected chi connectivity index (χ1v) is 11.0. The van der Waals surface area contributed by atoms with Gasteiger partial charge in [0.05, 0.1) is 5.92 Å². The summed E-state index contributed by atoms with van der Waals surface area (Å²) in [6.45, 7) is 8.11. The fraction of sp³-hybridized carbons (Fsp3) is 0.407. The molecule has 1 heterocycles. The van der Waals surface area contributed by atoms with E-state index in [2.05, 4.69) is 13.8 Å². The molecule has 2 aliphatic carbocycles. The van der Waals surface area contributed by atoms with Crippen molar-refractivity contribution in [3.8, 4) is 5.75 Å². The fourth-order valence-corrected chi connectivity index (χ4v) is 5.55. The number of benzene rings is 2. The third-order valence-electron chi connectivity index (χ3n) is 6.81. The molecular weight excluding hydrogens is 388 g/mol. The molecule has 1 aliphatic heterocycles. The number of carbonyl (C=O) groups is 2. The molecule has 3 aliphatic rings. The highest BCUT2D eigenvalue weighted by Gasteiger charge is 2.47. The quantitative estimate of drug-likeness (QED) is 0.605. The highest BCUT2D eigenvalue weighted by Crippen LogP contribution is 2.54. The van der Waals surface area contributed by atoms with Crippen molar-refractivity contribution >= 4 is 22.3 Å². The summed E-state index contributed by atoms with van der Waals surface area (Å²) < 4.78 is 6.33. The molecule has 1 N–H and O–H groups in total. The van der Waals surface area contributed by atoms with Gasteiger partial charge < -0.3 is 9.84 Å². The van der Waals surface area contributed by atoms with Gasteiger partial charge in [0.1, 0.15) is 17.3 Å². The lowest BCUT2D eigenvalue weighted by molar-refractivity contribution is -0.119. The predicted molar refractivity (Wildman–Crippen MR) is 120 cm³/mol. The van der Waals surface area contributed by atoms with Gasteiger partial charge >= 0.3 is 0 Å². The molecular formula is C27H28O4. The zero-order valence-electron chi connectivity index (χ0n) is 18.5. The summed E-state index contributed by atoms with van der Waals surface area (Å²) in [7, 11) is 0. The largest absolute Gasteiger partial charge is 0.512 e. The number of hydrogen-bond donors (Lipinski definition) is 1. The van der Waals surface area contributed by atoms with Crippen molar-refractivity contribution in [2.45, 2.75) is 59.3 Å². The first-order chi connectivity index (χ1) is 14.6. The summed E-state index contributed by atoms with van der Waals surface area (Å²) >= 11 is 0. The number of allylic oxidation sites excluding steroid dienone is 4. The zero-order valence-corrected chi connectivity index (χ0v) is 18.5. The maximum atomic E-state index is 13.4. The molecule has 4 heteroatoms. The normalized spacial score (nSPS) is 24.7. The molecule has 2 aromatic rings. The number of carbonyl (C=O) groups excluding carboxylic acids is 2. The van der Waals surface area contributed by atoms with Crippen LogP contribution in [0, 0.1) is 10.8 Å². The van der Waals surface area contributed by atoms with Gasteiger partial charge in [0.2, 0.25) is 0 Å². The summed E-state index contributed by atoms with van der Waals surface area (Å²) in [5.41, 5.74) is 1.25. The molecule has 31 heavy (non-hydrogen) atoms. The molecule has 4 nitrogen and oxygen atoms in total. The topological polar surface area (TPSA) is 63.6 Å². The van der Waals surface area contributed by atoms with Gasteiger partial charge in [-0.15, -0.1) is 0 Å². The van der Waals surface area contributed by atoms with Crippen LogP contribution in [0.25, 0.3) is 10.8 Å². The van der Waals surface area contributed by atoms with Crippen molar-refractivity contribution in [2.75, 3.05) is 0 Å². The number of fused-ring (bicyclic) bond motifs is 3. The van der Waals surface area contributed by atoms with Crippen molar-refractivity contribution in [2.24, 2.45) is 10.8 Å². The first kappa shape index (κ1) is 20.0. The Morgan fingerprint density at radius 3 is 2.19 bits per heavy atom. The van der Waals surface area contributed by atoms with Crippen LogP contribution in [0.3, 0.4) is 0 Å². The summed E-state index contributed by atoms with van der Waals surface area (Å²) in [6.07, 6.45) is 1.81. The van der Waals surface area contributed by atoms with Crippen molar-refractivity contribution in [3.05, 3.63) is 64.6 Å². The zero-order chi connectivity index (χ0) is 22.1. The SMILES string of the molecule is CC1(C)CC(=O)C(C2C3=C(CC(C)(C)CC3=O)Oc3ccc4ccccc4c32)=C(O)C1. The Labute approximate surface area is 182 Å². The predicted octanol–water partition coefficient (Wildman–Crippen LogP) is 6.16. The van der Waals surface area contributed by atoms with E-state index < -0.39 is 5.92 Å². The number of aliphatic hydroxyl groups excluding tert-OH is 1. The van der Waals surface area contributed by atoms with Crippen LogP contribution in [0.4, 0.5) is 0 Å². The lowest BCUT2D eigenvalue weighted by atomic mass is 9.65. The molecule has 0 saturated heterocycles. The molecule has 160 valence electrons. The second-order valence-corrected chi connectivity index (χ2v) is 10.8. The molecule has 0 spiro atoms. The van der Waals surface area contributed by atoms with Crippen LogP contribution in [0.1, 0.15) is 64.9 Å². The second-order valence-electron chi connectivity index (χ2n) is 10.8. The number of rotatable bonds is 1. The molecule has 5 rings (SSSR count). The van der Waals surface area contributed by atoms with Gasteiger partial charge in [-0.25, -0.2) is 0 Å². The van der Waals surface area contributed by atoms with Gasteiger partial charge in [-0.3, -0.25) is 9.59 Å². The van der Waals surface area contributed by atoms with E-state index >= 15 is 0 Å². The number of ether oxygens (including phenoxy) is 1. The summed E-state index contributed by atoms with van der Waals surface area (Å²) in [6, 6.07) is 11.9. The van der Waals surface area contributed by atoms with Gasteiger partial charge in [-0.05, 0) is 27.7 Å². The van der Waals surface area contributed by atoms with Crippen molar-refractivity contribution in [1.82, 2.24) is 0 Å². The van der Waals surface area contributed by atoms with E-state index in [1.807, 2.05) is 50.2 Å². The van der Waals surface area contributed by atoms with E-state index in [0.717, 1.165) is 16.3 Å². The van der Waals surface area contributed by atoms with E-state index in [4.69, 9.17) is 4.74 Å². The minimum Gasteiger partial charge on any atom is -0.512 e. The molecule has 0 radical (unpaired) electrons. The van der Waals surface area contributed by atoms with Crippen molar-refractivity contribution in [3.63, 3.8) is 0 Å². The maximum Gasteiger partial charge on any atom is 0.163 e. The second kappa shape index (κ2) is 6.56. The van der Waals surface area contributed by atoms with E-state index in [1.54, 1.807) is 0 Å². The summed E-state index contributed by atoms with van der Waals surface area (Å²) in [5, 5.41) is 13.1. The molecule has 0 bridgehead atoms. The van der Waals surface area contributed by atoms with Crippen LogP contribution < -0.4 is 4.74 Å². The van der Waals surface area contributed by atoms with Crippen LogP contribution in [0.2, 0.25) is 0 Å². The molecule has 1 atom stereocenters. The Kier molecular flexibility index (Phi) is 4.24. The van der Waals surface area contributed by atoms with Crippen LogP contribution in [0.5, 0.6) is 5.75 Å². The molecule has 0 amide bonds. The van der Waals surface area contributed by atoms with Crippen LogP contribution in [-0.4, -0.2) is 16.7 Å². The van der Waals surface area contributed by atoms with Crippen molar-refractivity contribution in [1.29, 1.82) is 0 Å². The number of ketones is 2. The Bertz CT molecular complexity index is 1210. The molecule has 2 aromatic carbocycles. The van der Waals surface area contributed by atoms with Crippen LogP contribution >= 0.6 is 0 Å². The number of Topliss-reactive ketones (excluding diaryl/α,β-unsaturated/α-hetero) is 2. The molecule has 0 aromatic heterocycles. The standard InChI is InChI=1S/C27H28O4/c1-26(2)11-17(28)23(18(29)12-26)25-22-16-8-6-5-7-15(16)9-10-20(22)31-21-14-27(3,4)13-19(30)24(21)25/h5-10,25,28H,11-14H2,1-4H3. The molecule has 0 saturated carbocycles. The smallest absolute Gasteiger partial charge is 0.163 e. The Morgan fingerprint density at radius 1 is 0.839 bits per heavy atom. The van der Waals surface area contributed by atoms with Gasteiger partial charge in [-0.1, -0.05) is 58.0 Å². The third kappa shape index (κ3) is 3.20. The van der Waals surface area contributed by atoms with Crippen LogP contribution in [-0.2, 0) is 9.59 Å². The Balaban J connectivity index is 1.82. The lowest BCUT2D eigenvalue weighted by Gasteiger charge is -2.40. The average molecular weight is 417 g/mol. The van der Waals surface area contributed by atoms with Crippen LogP contribution in [0.15, 0.2) is 59.1 Å². The van der Waals surface area contributed by atoms with Crippen molar-refractivity contribution < 1.29 is 19.4 Å². The minimum atomic E-state index is -0.586. The fourth-order valence-electron chi connectivity index (χ4n) is 5.55. The van der Waals surface area contributed by atoms with Gasteiger partial charge in [-0.2, -0.15) is 0 Å². The molecule has 1 unspecified atom stereocenters. The highest BCUT2D eigenvalue weighted by molar-refractivity contribution is 6.07. The Morgan fingerprint density at radius 2 is 1.48 bits per heavy atom. The summed E-state index contributed by atoms with van der Waals surface area (Å²) in [4.78, 5) is 26.8. The number of aliphatic hydroxyl groups is 1. The van der Waals surface area contributed by atoms with Gasteiger partial charge in [0, 0.05) is 42.4 Å². The highest BCUT2D eigenvalue weighted by atomic mass is 16.5. The Hall–Kier alpha value is -2.88. The van der Waals surface area contributed by atoms with E-state index in [-0.39, 0.29) is 28.2 Å². The number of hydrogen-bond acceptors (Lipinski definition) is 4. The maximum absolute atomic E-state index is 13.4. The minimum absolute atomic E-state index is 0.00719. The van der Waals surface area contributed by atoms with E-state index in [9.17, 15) is 14.7 Å². The lowest BCUT2D eigenvalue weighted by Crippen LogP contribution is -2.36. The van der Waals surface area contributed by atoms with Gasteiger partial charge in [0.25, 0.3) is 0 Å². The molecule has 0 fully saturated rings. The van der Waals surface area contributed by atoms with Gasteiger partial charge in [0.15, 0.2) is 11.6 Å². The monoisotopic (exact) mass is 416 g/mol. The van der Waals surface area contributed by atoms with E-state index in [0.29, 0.717) is 48.3 Å². The summed E-state index contributed by atoms with van der Waals surface area (Å²) in [5.74, 6) is 0.767. The average Bonchev–Trinajstić information content (AvgIpc) is 2.64. The first-order valence-electron chi connectivity index (χ1n) is 11.0. The third-order valence-corrected chi connectivity index (χ3v) is 6.81. The van der Waals surface area contributed by atoms with E-state index in [1.165, 1.54) is 0 Å².